The van der Waals surface area contributed by atoms with E-state index in [0.717, 1.165) is 9.87 Å². The van der Waals surface area contributed by atoms with Crippen LogP contribution in [0.25, 0.3) is 0 Å². The van der Waals surface area contributed by atoms with E-state index in [2.05, 4.69) is 0 Å². The molecule has 1 heterocycles. The molecule has 2 rings (SSSR count). The second-order valence-corrected chi connectivity index (χ2v) is 6.94. The van der Waals surface area contributed by atoms with Crippen LogP contribution in [0.15, 0.2) is 29.2 Å². The molecule has 1 aromatic carbocycles. The molecule has 0 spiro atoms. The van der Waals surface area contributed by atoms with Crippen LogP contribution in [-0.4, -0.2) is 35.9 Å². The Hall–Kier alpha value is -1.40. The number of hydrogen-bond donors (Lipinski definition) is 1. The van der Waals surface area contributed by atoms with E-state index in [-0.39, 0.29) is 11.4 Å². The van der Waals surface area contributed by atoms with Gasteiger partial charge in [-0.05, 0) is 38.8 Å². The Kier molecular flexibility index (Phi) is 3.40. The van der Waals surface area contributed by atoms with Gasteiger partial charge < -0.3 is 5.11 Å². The number of sulfonamides is 1. The Morgan fingerprint density at radius 3 is 2.42 bits per heavy atom. The molecule has 0 aliphatic carbocycles. The number of nitrogens with zero attached hydrogens (tertiary/aromatic N) is 1. The van der Waals surface area contributed by atoms with Crippen LogP contribution in [0.1, 0.15) is 25.3 Å². The summed E-state index contributed by atoms with van der Waals surface area (Å²) in [4.78, 5) is 11.5. The summed E-state index contributed by atoms with van der Waals surface area (Å²) in [5, 5.41) is 9.29. The predicted molar refractivity (Wildman–Crippen MR) is 70.3 cm³/mol. The third-order valence-electron chi connectivity index (χ3n) is 3.64. The molecule has 0 aromatic heterocycles. The van der Waals surface area contributed by atoms with Gasteiger partial charge in [-0.25, -0.2) is 8.42 Å². The first-order valence-electron chi connectivity index (χ1n) is 6.11. The van der Waals surface area contributed by atoms with Crippen LogP contribution < -0.4 is 0 Å². The minimum Gasteiger partial charge on any atom is -0.480 e. The number of rotatable bonds is 3. The van der Waals surface area contributed by atoms with Crippen molar-refractivity contribution >= 4 is 16.0 Å². The lowest BCUT2D eigenvalue weighted by Gasteiger charge is -2.30. The van der Waals surface area contributed by atoms with Crippen LogP contribution in [0.5, 0.6) is 0 Å². The van der Waals surface area contributed by atoms with Gasteiger partial charge in [0.25, 0.3) is 0 Å². The van der Waals surface area contributed by atoms with Crippen LogP contribution in [0, 0.1) is 6.92 Å². The Balaban J connectivity index is 2.45. The molecule has 1 aromatic rings. The van der Waals surface area contributed by atoms with E-state index >= 15 is 0 Å². The van der Waals surface area contributed by atoms with Crippen LogP contribution in [-0.2, 0) is 14.8 Å². The summed E-state index contributed by atoms with van der Waals surface area (Å²) >= 11 is 0. The zero-order chi connectivity index (χ0) is 14.3. The molecule has 1 atom stereocenters. The summed E-state index contributed by atoms with van der Waals surface area (Å²) in [5.41, 5.74) is -0.384. The van der Waals surface area contributed by atoms with Crippen LogP contribution in [0.4, 0.5) is 0 Å². The van der Waals surface area contributed by atoms with E-state index in [1.54, 1.807) is 12.1 Å². The van der Waals surface area contributed by atoms with Crippen molar-refractivity contribution in [2.24, 2.45) is 0 Å². The standard InChI is InChI=1S/C13H17NO4S/c1-10-4-6-11(7-5-10)19(17,18)14-9-3-8-13(14,2)12(15)16/h4-7H,3,8-9H2,1-2H3,(H,15,16). The molecule has 1 fully saturated rings. The SMILES string of the molecule is Cc1ccc(S(=O)(=O)N2CCCC2(C)C(=O)O)cc1. The zero-order valence-corrected chi connectivity index (χ0v) is 11.8. The van der Waals surface area contributed by atoms with Gasteiger partial charge in [0, 0.05) is 6.54 Å². The lowest BCUT2D eigenvalue weighted by atomic mass is 10.0. The van der Waals surface area contributed by atoms with Crippen molar-refractivity contribution in [3.05, 3.63) is 29.8 Å². The number of carboxylic acid groups (broad SMARTS) is 1. The van der Waals surface area contributed by atoms with Gasteiger partial charge in [0.2, 0.25) is 10.0 Å². The highest BCUT2D eigenvalue weighted by Crippen LogP contribution is 2.34. The molecule has 1 saturated heterocycles. The van der Waals surface area contributed by atoms with E-state index < -0.39 is 21.5 Å². The number of aliphatic carboxylic acids is 1. The highest BCUT2D eigenvalue weighted by Gasteiger charge is 2.49. The smallest absolute Gasteiger partial charge is 0.324 e. The zero-order valence-electron chi connectivity index (χ0n) is 11.0. The first kappa shape index (κ1) is 14.0. The van der Waals surface area contributed by atoms with Crippen molar-refractivity contribution in [3.63, 3.8) is 0 Å². The summed E-state index contributed by atoms with van der Waals surface area (Å²) in [6.07, 6.45) is 0.904. The monoisotopic (exact) mass is 283 g/mol. The lowest BCUT2D eigenvalue weighted by Crippen LogP contribution is -2.50. The number of hydrogen-bond acceptors (Lipinski definition) is 3. The van der Waals surface area contributed by atoms with Gasteiger partial charge in [-0.15, -0.1) is 0 Å². The topological polar surface area (TPSA) is 74.7 Å². The third-order valence-corrected chi connectivity index (χ3v) is 5.68. The van der Waals surface area contributed by atoms with Crippen LogP contribution >= 0.6 is 0 Å². The predicted octanol–water partition coefficient (Wildman–Crippen LogP) is 1.62. The number of carbonyl (C=O) groups is 1. The van der Waals surface area contributed by atoms with Gasteiger partial charge >= 0.3 is 5.97 Å². The first-order chi connectivity index (χ1) is 8.78. The molecule has 19 heavy (non-hydrogen) atoms. The van der Waals surface area contributed by atoms with E-state index in [1.165, 1.54) is 19.1 Å². The minimum atomic E-state index is -3.76. The minimum absolute atomic E-state index is 0.146. The van der Waals surface area contributed by atoms with Crippen molar-refractivity contribution in [2.75, 3.05) is 6.54 Å². The Labute approximate surface area is 112 Å². The fourth-order valence-corrected chi connectivity index (χ4v) is 4.18. The summed E-state index contributed by atoms with van der Waals surface area (Å²) < 4.78 is 26.2. The summed E-state index contributed by atoms with van der Waals surface area (Å²) in [6, 6.07) is 6.46. The van der Waals surface area contributed by atoms with Crippen molar-refractivity contribution in [1.29, 1.82) is 0 Å². The molecule has 0 bridgehead atoms. The van der Waals surface area contributed by atoms with Crippen molar-refractivity contribution in [2.45, 2.75) is 37.1 Å². The summed E-state index contributed by atoms with van der Waals surface area (Å²) in [5.74, 6) is -1.10. The molecule has 5 nitrogen and oxygen atoms in total. The Morgan fingerprint density at radius 1 is 1.32 bits per heavy atom. The molecule has 0 saturated carbocycles. The fraction of sp³-hybridized carbons (Fsp3) is 0.462. The molecular weight excluding hydrogens is 266 g/mol. The fourth-order valence-electron chi connectivity index (χ4n) is 2.37. The average molecular weight is 283 g/mol. The second kappa shape index (κ2) is 4.61. The normalized spacial score (nSPS) is 24.5. The molecule has 1 N–H and O–H groups in total. The van der Waals surface area contributed by atoms with E-state index in [0.29, 0.717) is 12.8 Å². The van der Waals surface area contributed by atoms with Gasteiger partial charge in [-0.1, -0.05) is 17.7 Å². The van der Waals surface area contributed by atoms with Gasteiger partial charge in [0.05, 0.1) is 4.90 Å². The molecule has 0 amide bonds. The van der Waals surface area contributed by atoms with Crippen LogP contribution in [0.2, 0.25) is 0 Å². The van der Waals surface area contributed by atoms with E-state index in [4.69, 9.17) is 0 Å². The number of aryl methyl sites for hydroxylation is 1. The average Bonchev–Trinajstić information content (AvgIpc) is 2.74. The number of carboxylic acids is 1. The van der Waals surface area contributed by atoms with E-state index in [9.17, 15) is 18.3 Å². The number of benzene rings is 1. The summed E-state index contributed by atoms with van der Waals surface area (Å²) in [7, 11) is -3.76. The van der Waals surface area contributed by atoms with Crippen molar-refractivity contribution in [3.8, 4) is 0 Å². The van der Waals surface area contributed by atoms with Gasteiger partial charge in [-0.3, -0.25) is 4.79 Å². The third kappa shape index (κ3) is 2.26. The highest BCUT2D eigenvalue weighted by atomic mass is 32.2. The molecule has 0 radical (unpaired) electrons. The largest absolute Gasteiger partial charge is 0.480 e. The lowest BCUT2D eigenvalue weighted by molar-refractivity contribution is -0.146. The molecule has 6 heteroatoms. The van der Waals surface area contributed by atoms with Crippen LogP contribution in [0.3, 0.4) is 0 Å². The Bertz CT molecular complexity index is 594. The highest BCUT2D eigenvalue weighted by molar-refractivity contribution is 7.89. The van der Waals surface area contributed by atoms with Crippen molar-refractivity contribution in [1.82, 2.24) is 4.31 Å². The van der Waals surface area contributed by atoms with Crippen molar-refractivity contribution < 1.29 is 18.3 Å². The molecular formula is C13H17NO4S. The maximum atomic E-state index is 12.5. The van der Waals surface area contributed by atoms with Gasteiger partial charge in [0.1, 0.15) is 5.54 Å². The molecule has 1 aliphatic heterocycles. The van der Waals surface area contributed by atoms with Gasteiger partial charge in [-0.2, -0.15) is 4.31 Å². The molecule has 1 aliphatic rings. The van der Waals surface area contributed by atoms with Gasteiger partial charge in [0.15, 0.2) is 0 Å². The first-order valence-corrected chi connectivity index (χ1v) is 7.55. The second-order valence-electron chi connectivity index (χ2n) is 5.07. The quantitative estimate of drug-likeness (QED) is 0.914. The maximum Gasteiger partial charge on any atom is 0.324 e. The molecule has 104 valence electrons. The van der Waals surface area contributed by atoms with E-state index in [1.807, 2.05) is 6.92 Å². The Morgan fingerprint density at radius 2 is 1.89 bits per heavy atom. The molecule has 1 unspecified atom stereocenters. The summed E-state index contributed by atoms with van der Waals surface area (Å²) in [6.45, 7) is 3.58. The maximum absolute atomic E-state index is 12.5.